The van der Waals surface area contributed by atoms with Crippen molar-refractivity contribution < 1.29 is 76.1 Å². The molecule has 0 aliphatic rings. The van der Waals surface area contributed by atoms with Crippen molar-refractivity contribution in [3.8, 4) is 0 Å². The Bertz CT molecular complexity index is 1630. The molecular formula is C74H143N3O16. The molecule has 0 rings (SSSR count). The second-order valence-corrected chi connectivity index (χ2v) is 25.1. The first-order valence-electron chi connectivity index (χ1n) is 38.0. The minimum Gasteiger partial charge on any atom is -0.465 e. The SMILES string of the molecule is CCCCCCCCC(CCCCCC)C(=O)OCCCCCCOCC(OCCCCCCOC(=O)C(CCCCCC)CCCCCCCC)C(=O)N(CCCCCCCC)CCOCCOCCOCCOCCOC(=O)CNCCOC(=O)CNCCOC. The summed E-state index contributed by atoms with van der Waals surface area (Å²) in [5.74, 6) is -0.893. The lowest BCUT2D eigenvalue weighted by Gasteiger charge is -2.28. The van der Waals surface area contributed by atoms with Crippen LogP contribution < -0.4 is 10.6 Å². The Kier molecular flexibility index (Phi) is 70.9. The lowest BCUT2D eigenvalue weighted by molar-refractivity contribution is -0.150. The molecule has 0 saturated heterocycles. The van der Waals surface area contributed by atoms with Crippen molar-refractivity contribution in [2.75, 3.05) is 152 Å². The molecule has 3 unspecified atom stereocenters. The monoisotopic (exact) mass is 1330 g/mol. The number of methoxy groups -OCH3 is 1. The Labute approximate surface area is 567 Å². The fourth-order valence-electron chi connectivity index (χ4n) is 10.8. The second kappa shape index (κ2) is 73.2. The highest BCUT2D eigenvalue weighted by Crippen LogP contribution is 2.23. The van der Waals surface area contributed by atoms with Crippen molar-refractivity contribution in [1.82, 2.24) is 15.5 Å². The highest BCUT2D eigenvalue weighted by molar-refractivity contribution is 5.81. The van der Waals surface area contributed by atoms with E-state index in [1.54, 1.807) is 7.11 Å². The molecule has 0 aromatic heterocycles. The van der Waals surface area contributed by atoms with Crippen LogP contribution in [0.4, 0.5) is 0 Å². The van der Waals surface area contributed by atoms with E-state index in [1.165, 1.54) is 122 Å². The van der Waals surface area contributed by atoms with E-state index in [2.05, 4.69) is 45.3 Å². The Morgan fingerprint density at radius 1 is 0.323 bits per heavy atom. The van der Waals surface area contributed by atoms with Crippen LogP contribution >= 0.6 is 0 Å². The van der Waals surface area contributed by atoms with Gasteiger partial charge >= 0.3 is 23.9 Å². The molecular weight excluding hydrogens is 1190 g/mol. The van der Waals surface area contributed by atoms with Crippen LogP contribution in [0, 0.1) is 11.8 Å². The predicted octanol–water partition coefficient (Wildman–Crippen LogP) is 14.4. The molecule has 0 fully saturated rings. The van der Waals surface area contributed by atoms with Crippen LogP contribution in [0.2, 0.25) is 0 Å². The van der Waals surface area contributed by atoms with Gasteiger partial charge < -0.3 is 67.6 Å². The molecule has 19 nitrogen and oxygen atoms in total. The summed E-state index contributed by atoms with van der Waals surface area (Å²) in [5, 5.41) is 5.79. The minimum absolute atomic E-state index is 0.00308. The van der Waals surface area contributed by atoms with Crippen molar-refractivity contribution in [2.45, 2.75) is 285 Å². The number of ether oxygens (including phenoxy) is 11. The van der Waals surface area contributed by atoms with Gasteiger partial charge in [-0.3, -0.25) is 24.0 Å². The van der Waals surface area contributed by atoms with Crippen molar-refractivity contribution >= 4 is 29.8 Å². The Balaban J connectivity index is 5.22. The van der Waals surface area contributed by atoms with Crippen molar-refractivity contribution in [3.63, 3.8) is 0 Å². The number of nitrogens with one attached hydrogen (secondary N) is 2. The smallest absolute Gasteiger partial charge is 0.320 e. The zero-order valence-corrected chi connectivity index (χ0v) is 60.6. The molecule has 550 valence electrons. The first-order chi connectivity index (χ1) is 45.7. The maximum Gasteiger partial charge on any atom is 0.320 e. The molecule has 0 aliphatic heterocycles. The Hall–Kier alpha value is -3.01. The number of hydrogen-bond acceptors (Lipinski definition) is 18. The van der Waals surface area contributed by atoms with Crippen molar-refractivity contribution in [3.05, 3.63) is 0 Å². The van der Waals surface area contributed by atoms with E-state index in [0.29, 0.717) is 105 Å². The van der Waals surface area contributed by atoms with Gasteiger partial charge in [-0.2, -0.15) is 0 Å². The lowest BCUT2D eigenvalue weighted by Crippen LogP contribution is -2.45. The molecule has 0 aliphatic carbocycles. The number of rotatable bonds is 76. The van der Waals surface area contributed by atoms with Gasteiger partial charge in [-0.1, -0.05) is 208 Å². The Morgan fingerprint density at radius 2 is 0.677 bits per heavy atom. The molecule has 0 radical (unpaired) electrons. The van der Waals surface area contributed by atoms with Crippen LogP contribution in [-0.2, 0) is 76.1 Å². The van der Waals surface area contributed by atoms with Crippen molar-refractivity contribution in [2.24, 2.45) is 11.8 Å². The average molecular weight is 1330 g/mol. The first kappa shape index (κ1) is 90.0. The topological polar surface area (TPSA) is 214 Å². The fourth-order valence-corrected chi connectivity index (χ4v) is 10.8. The molecule has 93 heavy (non-hydrogen) atoms. The van der Waals surface area contributed by atoms with E-state index < -0.39 is 12.1 Å². The zero-order chi connectivity index (χ0) is 67.8. The molecule has 0 heterocycles. The van der Waals surface area contributed by atoms with Gasteiger partial charge in [0.25, 0.3) is 5.91 Å². The third-order valence-corrected chi connectivity index (χ3v) is 16.6. The standard InChI is InChI=1S/C74H143N3O16/c1-7-12-17-22-25-34-43-67(41-32-20-15-10-4)73(81)92-51-39-29-28-37-49-88-66-69(89-50-38-30-31-40-52-93-74(82)68(42-33-21-16-11-5)44-35-26-23-18-13-8-2)72(80)77(47-36-27-24-19-14-9-3)48-55-84-56-57-85-58-59-86-60-61-87-62-63-91-71(79)65-76-46-54-90-70(78)64-75-45-53-83-6/h67-69,75-76H,7-66H2,1-6H3. The van der Waals surface area contributed by atoms with Gasteiger partial charge in [0.2, 0.25) is 0 Å². The Morgan fingerprint density at radius 3 is 1.13 bits per heavy atom. The largest absolute Gasteiger partial charge is 0.465 e. The van der Waals surface area contributed by atoms with Crippen LogP contribution in [0.25, 0.3) is 0 Å². The highest BCUT2D eigenvalue weighted by Gasteiger charge is 2.26. The van der Waals surface area contributed by atoms with Gasteiger partial charge in [-0.15, -0.1) is 0 Å². The average Bonchev–Trinajstić information content (AvgIpc) is 3.50. The van der Waals surface area contributed by atoms with Gasteiger partial charge in [0.15, 0.2) is 6.10 Å². The number of carbonyl (C=O) groups excluding carboxylic acids is 5. The van der Waals surface area contributed by atoms with E-state index >= 15 is 0 Å². The molecule has 0 bridgehead atoms. The van der Waals surface area contributed by atoms with Crippen LogP contribution in [-0.4, -0.2) is 193 Å². The molecule has 19 heteroatoms. The number of amides is 1. The summed E-state index contributed by atoms with van der Waals surface area (Å²) in [6.07, 6.45) is 40.6. The van der Waals surface area contributed by atoms with Gasteiger partial charge in [-0.05, 0) is 70.6 Å². The summed E-state index contributed by atoms with van der Waals surface area (Å²) in [4.78, 5) is 66.5. The third-order valence-electron chi connectivity index (χ3n) is 16.6. The van der Waals surface area contributed by atoms with Gasteiger partial charge in [0.1, 0.15) is 13.2 Å². The molecule has 3 atom stereocenters. The number of hydrogen-bond donors (Lipinski definition) is 2. The summed E-state index contributed by atoms with van der Waals surface area (Å²) in [6, 6.07) is 0. The highest BCUT2D eigenvalue weighted by atomic mass is 16.6. The van der Waals surface area contributed by atoms with E-state index in [9.17, 15) is 24.0 Å². The number of nitrogens with zero attached hydrogens (tertiary/aromatic N) is 1. The van der Waals surface area contributed by atoms with Gasteiger partial charge in [0, 0.05) is 46.5 Å². The predicted molar refractivity (Wildman–Crippen MR) is 373 cm³/mol. The number of carbonyl (C=O) groups is 5. The zero-order valence-electron chi connectivity index (χ0n) is 60.6. The molecule has 0 aromatic rings. The third kappa shape index (κ3) is 62.3. The quantitative estimate of drug-likeness (QED) is 0.0329. The van der Waals surface area contributed by atoms with Gasteiger partial charge in [-0.25, -0.2) is 0 Å². The molecule has 0 spiro atoms. The van der Waals surface area contributed by atoms with Crippen LogP contribution in [0.15, 0.2) is 0 Å². The second-order valence-electron chi connectivity index (χ2n) is 25.1. The van der Waals surface area contributed by atoms with Crippen LogP contribution in [0.1, 0.15) is 279 Å². The molecule has 2 N–H and O–H groups in total. The van der Waals surface area contributed by atoms with Crippen molar-refractivity contribution in [1.29, 1.82) is 0 Å². The van der Waals surface area contributed by atoms with E-state index in [1.807, 2.05) is 4.90 Å². The summed E-state index contributed by atoms with van der Waals surface area (Å²) in [6.45, 7) is 18.8. The normalized spacial score (nSPS) is 12.5. The maximum absolute atomic E-state index is 14.5. The van der Waals surface area contributed by atoms with E-state index in [0.717, 1.165) is 122 Å². The fraction of sp³-hybridized carbons (Fsp3) is 0.932. The molecule has 0 aromatic carbocycles. The van der Waals surface area contributed by atoms with E-state index in [-0.39, 0.29) is 75.2 Å². The maximum atomic E-state index is 14.5. The first-order valence-corrected chi connectivity index (χ1v) is 38.0. The summed E-state index contributed by atoms with van der Waals surface area (Å²) < 4.78 is 62.5. The summed E-state index contributed by atoms with van der Waals surface area (Å²) in [7, 11) is 1.59. The number of unbranched alkanes of at least 4 members (excludes halogenated alkanes) is 27. The minimum atomic E-state index is -0.742. The van der Waals surface area contributed by atoms with E-state index in [4.69, 9.17) is 52.1 Å². The summed E-state index contributed by atoms with van der Waals surface area (Å²) >= 11 is 0. The molecule has 1 amide bonds. The molecule has 0 saturated carbocycles. The van der Waals surface area contributed by atoms with Crippen LogP contribution in [0.3, 0.4) is 0 Å². The number of esters is 4. The van der Waals surface area contributed by atoms with Crippen LogP contribution in [0.5, 0.6) is 0 Å². The lowest BCUT2D eigenvalue weighted by atomic mass is 9.94. The summed E-state index contributed by atoms with van der Waals surface area (Å²) in [5.41, 5.74) is 0. The van der Waals surface area contributed by atoms with Gasteiger partial charge in [0.05, 0.1) is 104 Å².